The van der Waals surface area contributed by atoms with E-state index in [4.69, 9.17) is 17.7 Å². The Labute approximate surface area is 176 Å². The standard InChI is InChI=1S/C20H19BrClFN2O3/c1-10(16-15(26)6-5-14(23)17(16)22)13-9-25(19(27)28-20(2,3)4)18-12(13)7-11(21)8-24-18/h5-10,26H,1-4H3/t10-/m0/s1/i10D. The van der Waals surface area contributed by atoms with Crippen molar-refractivity contribution < 1.29 is 20.4 Å². The topological polar surface area (TPSA) is 64.4 Å². The minimum absolute atomic E-state index is 0.109. The van der Waals surface area contributed by atoms with E-state index in [-0.39, 0.29) is 22.0 Å². The number of hydrogen-bond donors (Lipinski definition) is 1. The normalized spacial score (nSPS) is 14.6. The van der Waals surface area contributed by atoms with Crippen molar-refractivity contribution in [3.63, 3.8) is 0 Å². The summed E-state index contributed by atoms with van der Waals surface area (Å²) in [7, 11) is 0. The number of aromatic hydroxyl groups is 1. The van der Waals surface area contributed by atoms with Crippen LogP contribution in [0.15, 0.2) is 35.1 Å². The summed E-state index contributed by atoms with van der Waals surface area (Å²) in [5, 5.41) is 10.4. The Bertz CT molecular complexity index is 1130. The van der Waals surface area contributed by atoms with Gasteiger partial charge in [0, 0.05) is 35.1 Å². The van der Waals surface area contributed by atoms with Gasteiger partial charge < -0.3 is 9.84 Å². The molecule has 1 N–H and O–H groups in total. The molecule has 0 bridgehead atoms. The van der Waals surface area contributed by atoms with E-state index >= 15 is 0 Å². The zero-order chi connectivity index (χ0) is 21.7. The molecule has 28 heavy (non-hydrogen) atoms. The van der Waals surface area contributed by atoms with Crippen molar-refractivity contribution in [3.8, 4) is 5.75 Å². The van der Waals surface area contributed by atoms with Gasteiger partial charge in [-0.3, -0.25) is 0 Å². The monoisotopic (exact) mass is 469 g/mol. The second-order valence-electron chi connectivity index (χ2n) is 7.30. The molecule has 2 aromatic heterocycles. The van der Waals surface area contributed by atoms with Crippen molar-refractivity contribution in [2.75, 3.05) is 0 Å². The van der Waals surface area contributed by atoms with Crippen LogP contribution in [0, 0.1) is 5.82 Å². The van der Waals surface area contributed by atoms with Gasteiger partial charge in [-0.15, -0.1) is 0 Å². The SMILES string of the molecule is [2H][C@@](C)(c1c(O)ccc(F)c1Cl)c1cn(C(=O)OC(C)(C)C)c2ncc(Br)cc12. The van der Waals surface area contributed by atoms with Gasteiger partial charge in [0.2, 0.25) is 0 Å². The zero-order valence-corrected chi connectivity index (χ0v) is 18.0. The molecule has 148 valence electrons. The Morgan fingerprint density at radius 1 is 1.46 bits per heavy atom. The molecule has 8 heteroatoms. The van der Waals surface area contributed by atoms with Gasteiger partial charge in [0.05, 0.1) is 5.02 Å². The van der Waals surface area contributed by atoms with E-state index in [0.29, 0.717) is 15.4 Å². The molecule has 1 aromatic carbocycles. The summed E-state index contributed by atoms with van der Waals surface area (Å²) in [6.45, 7) is 6.67. The number of phenolic OH excluding ortho intramolecular Hbond substituents is 1. The van der Waals surface area contributed by atoms with E-state index in [9.17, 15) is 14.3 Å². The second-order valence-corrected chi connectivity index (χ2v) is 8.59. The highest BCUT2D eigenvalue weighted by molar-refractivity contribution is 9.10. The Balaban J connectivity index is 2.29. The molecular formula is C20H19BrClFN2O3. The van der Waals surface area contributed by atoms with Gasteiger partial charge in [0.25, 0.3) is 0 Å². The summed E-state index contributed by atoms with van der Waals surface area (Å²) in [5.41, 5.74) is -0.280. The van der Waals surface area contributed by atoms with Crippen LogP contribution < -0.4 is 0 Å². The number of phenols is 1. The summed E-state index contributed by atoms with van der Waals surface area (Å²) in [4.78, 5) is 17.0. The highest BCUT2D eigenvalue weighted by atomic mass is 79.9. The van der Waals surface area contributed by atoms with Crippen LogP contribution in [0.3, 0.4) is 0 Å². The molecule has 0 aliphatic rings. The fraction of sp³-hybridized carbons (Fsp3) is 0.300. The Morgan fingerprint density at radius 2 is 2.14 bits per heavy atom. The lowest BCUT2D eigenvalue weighted by Crippen LogP contribution is -2.26. The van der Waals surface area contributed by atoms with Gasteiger partial charge in [0.15, 0.2) is 0 Å². The van der Waals surface area contributed by atoms with Gasteiger partial charge in [0.1, 0.15) is 22.8 Å². The first-order valence-corrected chi connectivity index (χ1v) is 9.58. The largest absolute Gasteiger partial charge is 0.508 e. The van der Waals surface area contributed by atoms with Crippen molar-refractivity contribution in [3.05, 3.63) is 57.0 Å². The van der Waals surface area contributed by atoms with E-state index in [0.717, 1.165) is 12.1 Å². The van der Waals surface area contributed by atoms with Crippen LogP contribution in [-0.4, -0.2) is 26.4 Å². The quantitative estimate of drug-likeness (QED) is 0.482. The number of ether oxygens (including phenoxy) is 1. The molecule has 0 spiro atoms. The first kappa shape index (κ1) is 19.2. The zero-order valence-electron chi connectivity index (χ0n) is 16.7. The number of nitrogens with zero attached hydrogens (tertiary/aromatic N) is 2. The Hall–Kier alpha value is -2.12. The number of benzene rings is 1. The lowest BCUT2D eigenvalue weighted by Gasteiger charge is -2.19. The predicted octanol–water partition coefficient (Wildman–Crippen LogP) is 6.23. The molecule has 5 nitrogen and oxygen atoms in total. The van der Waals surface area contributed by atoms with Crippen LogP contribution in [0.4, 0.5) is 9.18 Å². The van der Waals surface area contributed by atoms with Crippen molar-refractivity contribution in [2.24, 2.45) is 0 Å². The number of rotatable bonds is 2. The second kappa shape index (κ2) is 7.37. The van der Waals surface area contributed by atoms with Gasteiger partial charge >= 0.3 is 6.09 Å². The fourth-order valence-electron chi connectivity index (χ4n) is 2.86. The molecule has 0 aliphatic heterocycles. The van der Waals surface area contributed by atoms with Crippen LogP contribution in [0.1, 0.15) is 46.1 Å². The van der Waals surface area contributed by atoms with Crippen LogP contribution in [0.2, 0.25) is 5.02 Å². The minimum atomic E-state index is -1.70. The average molecular weight is 471 g/mol. The molecule has 3 rings (SSSR count). The molecular weight excluding hydrogens is 451 g/mol. The van der Waals surface area contributed by atoms with Gasteiger partial charge in [-0.1, -0.05) is 18.5 Å². The molecule has 0 amide bonds. The first-order chi connectivity index (χ1) is 13.3. The number of carbonyl (C=O) groups is 1. The summed E-state index contributed by atoms with van der Waals surface area (Å²) >= 11 is 9.43. The third-order valence-electron chi connectivity index (χ3n) is 4.05. The third kappa shape index (κ3) is 3.86. The number of halogens is 3. The van der Waals surface area contributed by atoms with Crippen LogP contribution in [-0.2, 0) is 4.74 Å². The van der Waals surface area contributed by atoms with E-state index < -0.39 is 23.4 Å². The smallest absolute Gasteiger partial charge is 0.420 e. The fourth-order valence-corrected chi connectivity index (χ4v) is 3.50. The number of hydrogen-bond acceptors (Lipinski definition) is 4. The maximum absolute atomic E-state index is 14.1. The molecule has 1 atom stereocenters. The maximum atomic E-state index is 14.1. The Morgan fingerprint density at radius 3 is 2.79 bits per heavy atom. The molecule has 3 aromatic rings. The van der Waals surface area contributed by atoms with E-state index in [1.54, 1.807) is 26.8 Å². The lowest BCUT2D eigenvalue weighted by atomic mass is 9.92. The number of fused-ring (bicyclic) bond motifs is 1. The number of aromatic nitrogens is 2. The molecule has 0 saturated carbocycles. The highest BCUT2D eigenvalue weighted by Crippen LogP contribution is 2.40. The Kier molecular flexibility index (Phi) is 5.05. The summed E-state index contributed by atoms with van der Waals surface area (Å²) < 4.78 is 30.3. The number of carbonyl (C=O) groups excluding carboxylic acids is 1. The van der Waals surface area contributed by atoms with E-state index in [1.807, 2.05) is 0 Å². The summed E-state index contributed by atoms with van der Waals surface area (Å²) in [6.07, 6.45) is 2.25. The molecule has 0 saturated heterocycles. The third-order valence-corrected chi connectivity index (χ3v) is 4.86. The van der Waals surface area contributed by atoms with Crippen molar-refractivity contribution in [1.29, 1.82) is 0 Å². The summed E-state index contributed by atoms with van der Waals surface area (Å²) in [6, 6.07) is 3.86. The first-order valence-electron chi connectivity index (χ1n) is 8.91. The van der Waals surface area contributed by atoms with Crippen LogP contribution in [0.5, 0.6) is 5.75 Å². The molecule has 0 radical (unpaired) electrons. The van der Waals surface area contributed by atoms with Crippen molar-refractivity contribution in [2.45, 2.75) is 39.2 Å². The highest BCUT2D eigenvalue weighted by Gasteiger charge is 2.26. The van der Waals surface area contributed by atoms with Crippen molar-refractivity contribution in [1.82, 2.24) is 9.55 Å². The lowest BCUT2D eigenvalue weighted by molar-refractivity contribution is 0.0543. The minimum Gasteiger partial charge on any atom is -0.508 e. The molecule has 0 aliphatic carbocycles. The molecule has 2 heterocycles. The predicted molar refractivity (Wildman–Crippen MR) is 110 cm³/mol. The summed E-state index contributed by atoms with van der Waals surface area (Å²) in [5.74, 6) is -2.78. The van der Waals surface area contributed by atoms with Crippen LogP contribution >= 0.6 is 27.5 Å². The van der Waals surface area contributed by atoms with E-state index in [2.05, 4.69) is 20.9 Å². The van der Waals surface area contributed by atoms with Gasteiger partial charge in [-0.25, -0.2) is 18.7 Å². The van der Waals surface area contributed by atoms with E-state index in [1.165, 1.54) is 23.9 Å². The maximum Gasteiger partial charge on any atom is 0.420 e. The van der Waals surface area contributed by atoms with Gasteiger partial charge in [-0.05, 0) is 60.5 Å². The molecule has 0 fully saturated rings. The molecule has 0 unspecified atom stereocenters. The van der Waals surface area contributed by atoms with Crippen LogP contribution in [0.25, 0.3) is 11.0 Å². The average Bonchev–Trinajstić information content (AvgIpc) is 2.96. The van der Waals surface area contributed by atoms with Gasteiger partial charge in [-0.2, -0.15) is 0 Å². The number of pyridine rings is 1. The van der Waals surface area contributed by atoms with Crippen molar-refractivity contribution >= 4 is 44.7 Å².